The SMILES string of the molecule is O=C(O)CN(CC(=O)O)C(=O)NCC1CC2CCC1C2. The predicted molar refractivity (Wildman–Crippen MR) is 69.2 cm³/mol. The first-order chi connectivity index (χ1) is 9.45. The molecule has 20 heavy (non-hydrogen) atoms. The van der Waals surface area contributed by atoms with Crippen LogP contribution in [0.1, 0.15) is 25.7 Å². The largest absolute Gasteiger partial charge is 0.480 e. The topological polar surface area (TPSA) is 107 Å². The molecule has 0 saturated heterocycles. The van der Waals surface area contributed by atoms with Gasteiger partial charge in [-0.15, -0.1) is 0 Å². The first kappa shape index (κ1) is 14.6. The summed E-state index contributed by atoms with van der Waals surface area (Å²) in [4.78, 5) is 34.0. The van der Waals surface area contributed by atoms with Gasteiger partial charge >= 0.3 is 18.0 Å². The van der Waals surface area contributed by atoms with E-state index >= 15 is 0 Å². The van der Waals surface area contributed by atoms with E-state index in [0.29, 0.717) is 18.4 Å². The van der Waals surface area contributed by atoms with E-state index in [1.54, 1.807) is 0 Å². The first-order valence-electron chi connectivity index (χ1n) is 6.92. The van der Waals surface area contributed by atoms with Crippen LogP contribution in [0, 0.1) is 17.8 Å². The van der Waals surface area contributed by atoms with Crippen molar-refractivity contribution < 1.29 is 24.6 Å². The summed E-state index contributed by atoms with van der Waals surface area (Å²) >= 11 is 0. The van der Waals surface area contributed by atoms with E-state index < -0.39 is 31.1 Å². The van der Waals surface area contributed by atoms with E-state index in [4.69, 9.17) is 10.2 Å². The van der Waals surface area contributed by atoms with E-state index in [1.165, 1.54) is 19.3 Å². The lowest BCUT2D eigenvalue weighted by atomic mass is 9.89. The lowest BCUT2D eigenvalue weighted by Crippen LogP contribution is -2.46. The van der Waals surface area contributed by atoms with Crippen LogP contribution >= 0.6 is 0 Å². The zero-order chi connectivity index (χ0) is 14.7. The average Bonchev–Trinajstić information content (AvgIpc) is 2.96. The molecule has 2 amide bonds. The molecule has 7 heteroatoms. The van der Waals surface area contributed by atoms with E-state index in [1.807, 2.05) is 0 Å². The molecule has 3 unspecified atom stereocenters. The monoisotopic (exact) mass is 284 g/mol. The van der Waals surface area contributed by atoms with Gasteiger partial charge in [-0.3, -0.25) is 9.59 Å². The van der Waals surface area contributed by atoms with Crippen LogP contribution in [0.5, 0.6) is 0 Å². The minimum atomic E-state index is -1.22. The Morgan fingerprint density at radius 2 is 1.70 bits per heavy atom. The molecule has 2 aliphatic carbocycles. The maximum Gasteiger partial charge on any atom is 0.323 e. The molecule has 2 aliphatic rings. The van der Waals surface area contributed by atoms with Gasteiger partial charge in [-0.1, -0.05) is 6.42 Å². The molecule has 2 bridgehead atoms. The number of carbonyl (C=O) groups excluding carboxylic acids is 1. The summed E-state index contributed by atoms with van der Waals surface area (Å²) in [6.07, 6.45) is 4.83. The van der Waals surface area contributed by atoms with Gasteiger partial charge in [0.2, 0.25) is 0 Å². The standard InChI is InChI=1S/C13H20N2O5/c16-11(17)6-15(7-12(18)19)13(20)14-5-10-4-8-1-2-9(10)3-8/h8-10H,1-7H2,(H,14,20)(H,16,17)(H,18,19). The van der Waals surface area contributed by atoms with Crippen LogP contribution in [0.25, 0.3) is 0 Å². The van der Waals surface area contributed by atoms with Crippen molar-refractivity contribution in [1.82, 2.24) is 10.2 Å². The summed E-state index contributed by atoms with van der Waals surface area (Å²) in [5.74, 6) is -0.555. The lowest BCUT2D eigenvalue weighted by molar-refractivity contribution is -0.140. The van der Waals surface area contributed by atoms with Crippen molar-refractivity contribution in [2.24, 2.45) is 17.8 Å². The van der Waals surface area contributed by atoms with Gasteiger partial charge in [0.1, 0.15) is 13.1 Å². The van der Waals surface area contributed by atoms with Gasteiger partial charge in [-0.05, 0) is 37.0 Å². The van der Waals surface area contributed by atoms with Crippen LogP contribution in [0.15, 0.2) is 0 Å². The number of nitrogens with one attached hydrogen (secondary N) is 1. The number of carbonyl (C=O) groups is 3. The van der Waals surface area contributed by atoms with E-state index in [2.05, 4.69) is 5.32 Å². The van der Waals surface area contributed by atoms with Crippen molar-refractivity contribution in [2.75, 3.05) is 19.6 Å². The molecule has 0 aromatic carbocycles. The van der Waals surface area contributed by atoms with Gasteiger partial charge in [-0.25, -0.2) is 4.79 Å². The number of fused-ring (bicyclic) bond motifs is 2. The Kier molecular flexibility index (Phi) is 4.46. The number of urea groups is 1. The Morgan fingerprint density at radius 1 is 1.05 bits per heavy atom. The molecule has 3 atom stereocenters. The smallest absolute Gasteiger partial charge is 0.323 e. The molecular formula is C13H20N2O5. The number of hydrogen-bond donors (Lipinski definition) is 3. The number of hydrogen-bond acceptors (Lipinski definition) is 3. The van der Waals surface area contributed by atoms with Crippen LogP contribution in [0.3, 0.4) is 0 Å². The lowest BCUT2D eigenvalue weighted by Gasteiger charge is -2.24. The Bertz CT molecular complexity index is 396. The summed E-state index contributed by atoms with van der Waals surface area (Å²) in [6, 6.07) is -0.613. The van der Waals surface area contributed by atoms with Gasteiger partial charge in [0.15, 0.2) is 0 Å². The Balaban J connectivity index is 1.81. The second-order valence-corrected chi connectivity index (χ2v) is 5.76. The Labute approximate surface area is 116 Å². The fourth-order valence-electron chi connectivity index (χ4n) is 3.48. The average molecular weight is 284 g/mol. The quantitative estimate of drug-likeness (QED) is 0.662. The maximum absolute atomic E-state index is 11.9. The Morgan fingerprint density at radius 3 is 2.15 bits per heavy atom. The zero-order valence-electron chi connectivity index (χ0n) is 11.2. The molecular weight excluding hydrogens is 264 g/mol. The van der Waals surface area contributed by atoms with Crippen molar-refractivity contribution in [3.8, 4) is 0 Å². The summed E-state index contributed by atoms with van der Waals surface area (Å²) in [7, 11) is 0. The molecule has 0 aliphatic heterocycles. The number of carboxylic acids is 2. The number of nitrogens with zero attached hydrogens (tertiary/aromatic N) is 1. The normalized spacial score (nSPS) is 27.3. The van der Waals surface area contributed by atoms with Crippen molar-refractivity contribution >= 4 is 18.0 Å². The first-order valence-corrected chi connectivity index (χ1v) is 6.92. The number of carboxylic acid groups (broad SMARTS) is 2. The molecule has 0 aromatic heterocycles. The summed E-state index contributed by atoms with van der Waals surface area (Å²) < 4.78 is 0. The molecule has 2 saturated carbocycles. The molecule has 2 fully saturated rings. The molecule has 2 rings (SSSR count). The third kappa shape index (κ3) is 3.61. The van der Waals surface area contributed by atoms with E-state index in [-0.39, 0.29) is 0 Å². The highest BCUT2D eigenvalue weighted by Crippen LogP contribution is 2.47. The predicted octanol–water partition coefficient (Wildman–Crippen LogP) is 0.603. The number of aliphatic carboxylic acids is 2. The van der Waals surface area contributed by atoms with Gasteiger partial charge < -0.3 is 20.4 Å². The van der Waals surface area contributed by atoms with Gasteiger partial charge in [0.05, 0.1) is 0 Å². The zero-order valence-corrected chi connectivity index (χ0v) is 11.2. The van der Waals surface area contributed by atoms with Crippen molar-refractivity contribution in [3.63, 3.8) is 0 Å². The summed E-state index contributed by atoms with van der Waals surface area (Å²) in [5.41, 5.74) is 0. The Hall–Kier alpha value is -1.79. The minimum absolute atomic E-state index is 0.453. The highest BCUT2D eigenvalue weighted by atomic mass is 16.4. The van der Waals surface area contributed by atoms with Crippen LogP contribution in [-0.4, -0.2) is 52.7 Å². The molecule has 7 nitrogen and oxygen atoms in total. The molecule has 0 heterocycles. The fourth-order valence-corrected chi connectivity index (χ4v) is 3.48. The highest BCUT2D eigenvalue weighted by Gasteiger charge is 2.39. The second kappa shape index (κ2) is 6.11. The van der Waals surface area contributed by atoms with Gasteiger partial charge in [0.25, 0.3) is 0 Å². The number of rotatable bonds is 6. The molecule has 3 N–H and O–H groups in total. The van der Waals surface area contributed by atoms with Crippen molar-refractivity contribution in [3.05, 3.63) is 0 Å². The molecule has 0 spiro atoms. The molecule has 112 valence electrons. The molecule has 0 radical (unpaired) electrons. The van der Waals surface area contributed by atoms with Gasteiger partial charge in [-0.2, -0.15) is 0 Å². The minimum Gasteiger partial charge on any atom is -0.480 e. The summed E-state index contributed by atoms with van der Waals surface area (Å²) in [6.45, 7) is -0.695. The van der Waals surface area contributed by atoms with Crippen molar-refractivity contribution in [2.45, 2.75) is 25.7 Å². The maximum atomic E-state index is 11.9. The summed E-state index contributed by atoms with van der Waals surface area (Å²) in [5, 5.41) is 20.1. The number of amides is 2. The van der Waals surface area contributed by atoms with Crippen LogP contribution < -0.4 is 5.32 Å². The third-order valence-electron chi connectivity index (χ3n) is 4.34. The second-order valence-electron chi connectivity index (χ2n) is 5.76. The molecule has 0 aromatic rings. The fraction of sp³-hybridized carbons (Fsp3) is 0.769. The van der Waals surface area contributed by atoms with E-state index in [9.17, 15) is 14.4 Å². The van der Waals surface area contributed by atoms with Crippen molar-refractivity contribution in [1.29, 1.82) is 0 Å². The highest BCUT2D eigenvalue weighted by molar-refractivity contribution is 5.84. The third-order valence-corrected chi connectivity index (χ3v) is 4.34. The van der Waals surface area contributed by atoms with Crippen LogP contribution in [0.2, 0.25) is 0 Å². The van der Waals surface area contributed by atoms with E-state index in [0.717, 1.165) is 17.2 Å². The van der Waals surface area contributed by atoms with Crippen LogP contribution in [-0.2, 0) is 9.59 Å². The van der Waals surface area contributed by atoms with Gasteiger partial charge in [0, 0.05) is 6.54 Å². The van der Waals surface area contributed by atoms with Crippen LogP contribution in [0.4, 0.5) is 4.79 Å².